The third kappa shape index (κ3) is 4.20. The normalized spacial score (nSPS) is 20.1. The van der Waals surface area contributed by atoms with E-state index in [9.17, 15) is 4.79 Å². The van der Waals surface area contributed by atoms with Crippen molar-refractivity contribution in [2.75, 3.05) is 6.54 Å². The van der Waals surface area contributed by atoms with Gasteiger partial charge < -0.3 is 10.6 Å². The number of amides is 1. The van der Waals surface area contributed by atoms with Crippen LogP contribution in [0.2, 0.25) is 0 Å². The summed E-state index contributed by atoms with van der Waals surface area (Å²) < 4.78 is 0. The third-order valence-electron chi connectivity index (χ3n) is 3.34. The SMILES string of the molecule is CC(C)NC(=O)CCNC(C)C1(C)CC1. The molecule has 3 nitrogen and oxygen atoms in total. The van der Waals surface area contributed by atoms with Gasteiger partial charge in [-0.3, -0.25) is 4.79 Å². The van der Waals surface area contributed by atoms with Gasteiger partial charge in [-0.25, -0.2) is 0 Å². The molecule has 0 saturated heterocycles. The van der Waals surface area contributed by atoms with Gasteiger partial charge in [-0.15, -0.1) is 0 Å². The van der Waals surface area contributed by atoms with Crippen LogP contribution in [0.5, 0.6) is 0 Å². The van der Waals surface area contributed by atoms with Crippen molar-refractivity contribution in [3.8, 4) is 0 Å². The highest BCUT2D eigenvalue weighted by atomic mass is 16.1. The van der Waals surface area contributed by atoms with Crippen LogP contribution < -0.4 is 10.6 Å². The summed E-state index contributed by atoms with van der Waals surface area (Å²) in [4.78, 5) is 11.3. The molecule has 15 heavy (non-hydrogen) atoms. The lowest BCUT2D eigenvalue weighted by atomic mass is 10.0. The third-order valence-corrected chi connectivity index (χ3v) is 3.34. The fraction of sp³-hybridized carbons (Fsp3) is 0.917. The Bertz CT molecular complexity index is 222. The molecule has 1 aliphatic rings. The molecule has 0 aromatic heterocycles. The Kier molecular flexibility index (Phi) is 4.14. The maximum absolute atomic E-state index is 11.3. The maximum Gasteiger partial charge on any atom is 0.221 e. The number of hydrogen-bond acceptors (Lipinski definition) is 2. The summed E-state index contributed by atoms with van der Waals surface area (Å²) in [5.41, 5.74) is 0.495. The van der Waals surface area contributed by atoms with Gasteiger partial charge in [0.1, 0.15) is 0 Å². The lowest BCUT2D eigenvalue weighted by Gasteiger charge is -2.20. The van der Waals surface area contributed by atoms with E-state index in [0.717, 1.165) is 6.54 Å². The van der Waals surface area contributed by atoms with Crippen molar-refractivity contribution >= 4 is 5.91 Å². The van der Waals surface area contributed by atoms with Gasteiger partial charge in [-0.1, -0.05) is 6.92 Å². The summed E-state index contributed by atoms with van der Waals surface area (Å²) in [5.74, 6) is 0.144. The first-order valence-corrected chi connectivity index (χ1v) is 5.97. The van der Waals surface area contributed by atoms with Crippen LogP contribution in [-0.2, 0) is 4.79 Å². The summed E-state index contributed by atoms with van der Waals surface area (Å²) in [7, 11) is 0. The van der Waals surface area contributed by atoms with Crippen LogP contribution in [0.1, 0.15) is 47.0 Å². The molecule has 1 atom stereocenters. The number of nitrogens with one attached hydrogen (secondary N) is 2. The number of hydrogen-bond donors (Lipinski definition) is 2. The van der Waals surface area contributed by atoms with Crippen LogP contribution in [0, 0.1) is 5.41 Å². The predicted molar refractivity (Wildman–Crippen MR) is 62.7 cm³/mol. The van der Waals surface area contributed by atoms with Gasteiger partial charge in [0.05, 0.1) is 0 Å². The highest BCUT2D eigenvalue weighted by Crippen LogP contribution is 2.47. The van der Waals surface area contributed by atoms with Gasteiger partial charge in [-0.05, 0) is 39.0 Å². The van der Waals surface area contributed by atoms with Crippen LogP contribution >= 0.6 is 0 Å². The van der Waals surface area contributed by atoms with Crippen molar-refractivity contribution in [1.29, 1.82) is 0 Å². The molecule has 1 rings (SSSR count). The van der Waals surface area contributed by atoms with Gasteiger partial charge in [0.15, 0.2) is 0 Å². The van der Waals surface area contributed by atoms with E-state index in [1.54, 1.807) is 0 Å². The van der Waals surface area contributed by atoms with Gasteiger partial charge in [0, 0.05) is 25.0 Å². The first-order chi connectivity index (χ1) is 6.94. The van der Waals surface area contributed by atoms with Gasteiger partial charge in [0.2, 0.25) is 5.91 Å². The van der Waals surface area contributed by atoms with E-state index in [1.165, 1.54) is 12.8 Å². The smallest absolute Gasteiger partial charge is 0.221 e. The summed E-state index contributed by atoms with van der Waals surface area (Å²) in [6.45, 7) is 9.28. The lowest BCUT2D eigenvalue weighted by molar-refractivity contribution is -0.121. The predicted octanol–water partition coefficient (Wildman–Crippen LogP) is 1.68. The van der Waals surface area contributed by atoms with E-state index in [1.807, 2.05) is 13.8 Å². The fourth-order valence-electron chi connectivity index (χ4n) is 1.67. The zero-order valence-electron chi connectivity index (χ0n) is 10.4. The van der Waals surface area contributed by atoms with Crippen LogP contribution in [-0.4, -0.2) is 24.5 Å². The average Bonchev–Trinajstić information content (AvgIpc) is 2.83. The fourth-order valence-corrected chi connectivity index (χ4v) is 1.67. The molecule has 0 radical (unpaired) electrons. The Morgan fingerprint density at radius 3 is 2.40 bits per heavy atom. The Balaban J connectivity index is 2.08. The van der Waals surface area contributed by atoms with Crippen molar-refractivity contribution in [3.05, 3.63) is 0 Å². The van der Waals surface area contributed by atoms with Crippen LogP contribution in [0.25, 0.3) is 0 Å². The van der Waals surface area contributed by atoms with Crippen molar-refractivity contribution in [2.45, 2.75) is 59.0 Å². The first-order valence-electron chi connectivity index (χ1n) is 5.97. The van der Waals surface area contributed by atoms with Crippen LogP contribution in [0.3, 0.4) is 0 Å². The quantitative estimate of drug-likeness (QED) is 0.703. The molecule has 2 N–H and O–H groups in total. The van der Waals surface area contributed by atoms with Crippen molar-refractivity contribution < 1.29 is 4.79 Å². The van der Waals surface area contributed by atoms with E-state index in [0.29, 0.717) is 17.9 Å². The molecule has 1 saturated carbocycles. The second-order valence-corrected chi connectivity index (χ2v) is 5.30. The second kappa shape index (κ2) is 4.97. The van der Waals surface area contributed by atoms with Crippen molar-refractivity contribution in [2.24, 2.45) is 5.41 Å². The van der Waals surface area contributed by atoms with Gasteiger partial charge in [0.25, 0.3) is 0 Å². The molecule has 1 amide bonds. The summed E-state index contributed by atoms with van der Waals surface area (Å²) >= 11 is 0. The van der Waals surface area contributed by atoms with Crippen LogP contribution in [0.15, 0.2) is 0 Å². The molecule has 0 aromatic carbocycles. The van der Waals surface area contributed by atoms with Crippen LogP contribution in [0.4, 0.5) is 0 Å². The minimum atomic E-state index is 0.144. The Labute approximate surface area is 93.0 Å². The van der Waals surface area contributed by atoms with Gasteiger partial charge in [-0.2, -0.15) is 0 Å². The topological polar surface area (TPSA) is 41.1 Å². The lowest BCUT2D eigenvalue weighted by Crippen LogP contribution is -2.37. The van der Waals surface area contributed by atoms with E-state index >= 15 is 0 Å². The van der Waals surface area contributed by atoms with E-state index < -0.39 is 0 Å². The number of rotatable bonds is 6. The summed E-state index contributed by atoms with van der Waals surface area (Å²) in [5, 5.41) is 6.32. The van der Waals surface area contributed by atoms with Crippen molar-refractivity contribution in [1.82, 2.24) is 10.6 Å². The summed E-state index contributed by atoms with van der Waals surface area (Å²) in [6.07, 6.45) is 3.22. The highest BCUT2D eigenvalue weighted by molar-refractivity contribution is 5.76. The Morgan fingerprint density at radius 1 is 1.33 bits per heavy atom. The molecule has 0 aliphatic heterocycles. The molecule has 1 unspecified atom stereocenters. The Hall–Kier alpha value is -0.570. The standard InChI is InChI=1S/C12H24N2O/c1-9(2)14-11(15)5-8-13-10(3)12(4)6-7-12/h9-10,13H,5-8H2,1-4H3,(H,14,15). The van der Waals surface area contributed by atoms with E-state index in [2.05, 4.69) is 24.5 Å². The van der Waals surface area contributed by atoms with Crippen molar-refractivity contribution in [3.63, 3.8) is 0 Å². The molecule has 1 aliphatic carbocycles. The molecule has 0 heterocycles. The van der Waals surface area contributed by atoms with Gasteiger partial charge >= 0.3 is 0 Å². The monoisotopic (exact) mass is 212 g/mol. The first kappa shape index (κ1) is 12.5. The number of carbonyl (C=O) groups excluding carboxylic acids is 1. The molecule has 0 spiro atoms. The zero-order valence-corrected chi connectivity index (χ0v) is 10.4. The Morgan fingerprint density at radius 2 is 1.93 bits per heavy atom. The average molecular weight is 212 g/mol. The molecule has 3 heteroatoms. The maximum atomic E-state index is 11.3. The second-order valence-electron chi connectivity index (χ2n) is 5.30. The zero-order chi connectivity index (χ0) is 11.5. The molecule has 88 valence electrons. The molecule has 0 aromatic rings. The minimum Gasteiger partial charge on any atom is -0.354 e. The molecular weight excluding hydrogens is 188 g/mol. The highest BCUT2D eigenvalue weighted by Gasteiger charge is 2.41. The largest absolute Gasteiger partial charge is 0.354 e. The summed E-state index contributed by atoms with van der Waals surface area (Å²) in [6, 6.07) is 0.778. The van der Waals surface area contributed by atoms with E-state index in [4.69, 9.17) is 0 Å². The molecule has 1 fully saturated rings. The van der Waals surface area contributed by atoms with E-state index in [-0.39, 0.29) is 11.9 Å². The molecule has 0 bridgehead atoms. The molecular formula is C12H24N2O. The number of carbonyl (C=O) groups is 1. The minimum absolute atomic E-state index is 0.144.